The van der Waals surface area contributed by atoms with E-state index >= 15 is 0 Å². The third kappa shape index (κ3) is 3.67. The number of rotatable bonds is 4. The predicted octanol–water partition coefficient (Wildman–Crippen LogP) is 1.91. The van der Waals surface area contributed by atoms with Gasteiger partial charge < -0.3 is 10.1 Å². The van der Waals surface area contributed by atoms with E-state index in [0.717, 1.165) is 19.6 Å². The lowest BCUT2D eigenvalue weighted by Gasteiger charge is -2.40. The number of hydrogen-bond acceptors (Lipinski definition) is 4. The van der Waals surface area contributed by atoms with Crippen molar-refractivity contribution in [3.63, 3.8) is 0 Å². The third-order valence-corrected chi connectivity index (χ3v) is 3.93. The van der Waals surface area contributed by atoms with Gasteiger partial charge in [0.25, 0.3) is 0 Å². The molecule has 0 radical (unpaired) electrons. The summed E-state index contributed by atoms with van der Waals surface area (Å²) in [5, 5.41) is 3.63. The molecule has 1 N–H and O–H groups in total. The van der Waals surface area contributed by atoms with Gasteiger partial charge in [-0.25, -0.2) is 4.98 Å². The van der Waals surface area contributed by atoms with E-state index in [4.69, 9.17) is 4.74 Å². The predicted molar refractivity (Wildman–Crippen MR) is 77.3 cm³/mol. The molecule has 0 saturated carbocycles. The smallest absolute Gasteiger partial charge is 0.212 e. The minimum Gasteiger partial charge on any atom is -0.481 e. The molecule has 0 amide bonds. The zero-order valence-electron chi connectivity index (χ0n) is 12.4. The number of pyridine rings is 1. The molecule has 0 bridgehead atoms. The maximum absolute atomic E-state index is 5.09. The molecule has 1 saturated heterocycles. The van der Waals surface area contributed by atoms with E-state index in [1.54, 1.807) is 7.11 Å². The molecule has 19 heavy (non-hydrogen) atoms. The number of piperazine rings is 1. The van der Waals surface area contributed by atoms with Crippen molar-refractivity contribution in [2.24, 2.45) is 5.92 Å². The van der Waals surface area contributed by atoms with Crippen LogP contribution in [0, 0.1) is 5.92 Å². The lowest BCUT2D eigenvalue weighted by Crippen LogP contribution is -2.56. The van der Waals surface area contributed by atoms with Crippen LogP contribution in [0.25, 0.3) is 0 Å². The van der Waals surface area contributed by atoms with Crippen molar-refractivity contribution in [3.8, 4) is 5.88 Å². The fourth-order valence-electron chi connectivity index (χ4n) is 2.47. The molecule has 2 atom stereocenters. The first-order valence-corrected chi connectivity index (χ1v) is 7.06. The molecular weight excluding hydrogens is 238 g/mol. The summed E-state index contributed by atoms with van der Waals surface area (Å²) < 4.78 is 5.09. The summed E-state index contributed by atoms with van der Waals surface area (Å²) in [5.74, 6) is 1.35. The maximum Gasteiger partial charge on any atom is 0.212 e. The minimum atomic E-state index is 0.567. The Morgan fingerprint density at radius 3 is 2.84 bits per heavy atom. The number of hydrogen-bond donors (Lipinski definition) is 1. The molecule has 2 heterocycles. The highest BCUT2D eigenvalue weighted by molar-refractivity contribution is 5.17. The summed E-state index contributed by atoms with van der Waals surface area (Å²) in [7, 11) is 1.65. The summed E-state index contributed by atoms with van der Waals surface area (Å²) >= 11 is 0. The SMILES string of the molecule is COc1ccc(CN2CC(C(C)C)NCC2C)cn1. The van der Waals surface area contributed by atoms with Crippen molar-refractivity contribution in [1.82, 2.24) is 15.2 Å². The van der Waals surface area contributed by atoms with E-state index in [-0.39, 0.29) is 0 Å². The molecule has 1 aromatic rings. The Balaban J connectivity index is 1.99. The van der Waals surface area contributed by atoms with Crippen molar-refractivity contribution >= 4 is 0 Å². The Morgan fingerprint density at radius 2 is 2.26 bits per heavy atom. The summed E-state index contributed by atoms with van der Waals surface area (Å²) in [5.41, 5.74) is 1.25. The highest BCUT2D eigenvalue weighted by atomic mass is 16.5. The van der Waals surface area contributed by atoms with Gasteiger partial charge in [-0.2, -0.15) is 0 Å². The van der Waals surface area contributed by atoms with Gasteiger partial charge >= 0.3 is 0 Å². The Labute approximate surface area is 116 Å². The first kappa shape index (κ1) is 14.3. The van der Waals surface area contributed by atoms with E-state index in [1.807, 2.05) is 12.3 Å². The summed E-state index contributed by atoms with van der Waals surface area (Å²) in [6.07, 6.45) is 1.91. The van der Waals surface area contributed by atoms with Crippen LogP contribution in [0.3, 0.4) is 0 Å². The lowest BCUT2D eigenvalue weighted by atomic mass is 9.99. The van der Waals surface area contributed by atoms with E-state index in [0.29, 0.717) is 23.9 Å². The Hall–Kier alpha value is -1.13. The quantitative estimate of drug-likeness (QED) is 0.900. The molecule has 4 nitrogen and oxygen atoms in total. The second-order valence-electron chi connectivity index (χ2n) is 5.75. The summed E-state index contributed by atoms with van der Waals surface area (Å²) in [6, 6.07) is 5.19. The molecule has 1 aromatic heterocycles. The number of nitrogens with zero attached hydrogens (tertiary/aromatic N) is 2. The number of ether oxygens (including phenoxy) is 1. The molecule has 1 aliphatic heterocycles. The Kier molecular flexibility index (Phi) is 4.77. The van der Waals surface area contributed by atoms with Gasteiger partial charge in [-0.1, -0.05) is 19.9 Å². The third-order valence-electron chi connectivity index (χ3n) is 3.93. The maximum atomic E-state index is 5.09. The van der Waals surface area contributed by atoms with Crippen LogP contribution in [0.2, 0.25) is 0 Å². The molecule has 1 aliphatic rings. The van der Waals surface area contributed by atoms with E-state index in [2.05, 4.69) is 42.0 Å². The van der Waals surface area contributed by atoms with Gasteiger partial charge in [-0.15, -0.1) is 0 Å². The summed E-state index contributed by atoms with van der Waals surface area (Å²) in [4.78, 5) is 6.81. The van der Waals surface area contributed by atoms with Crippen molar-refractivity contribution in [2.75, 3.05) is 20.2 Å². The van der Waals surface area contributed by atoms with Crippen LogP contribution in [0.5, 0.6) is 5.88 Å². The van der Waals surface area contributed by atoms with Crippen LogP contribution in [0.4, 0.5) is 0 Å². The van der Waals surface area contributed by atoms with Gasteiger partial charge in [-0.3, -0.25) is 4.90 Å². The van der Waals surface area contributed by atoms with Crippen LogP contribution in [0.1, 0.15) is 26.3 Å². The van der Waals surface area contributed by atoms with E-state index in [1.165, 1.54) is 5.56 Å². The molecule has 0 spiro atoms. The zero-order chi connectivity index (χ0) is 13.8. The topological polar surface area (TPSA) is 37.4 Å². The first-order chi connectivity index (χ1) is 9.10. The van der Waals surface area contributed by atoms with Crippen molar-refractivity contribution < 1.29 is 4.74 Å². The average molecular weight is 263 g/mol. The lowest BCUT2D eigenvalue weighted by molar-refractivity contribution is 0.116. The van der Waals surface area contributed by atoms with Gasteiger partial charge in [0.15, 0.2) is 0 Å². The average Bonchev–Trinajstić information content (AvgIpc) is 2.42. The van der Waals surface area contributed by atoms with Gasteiger partial charge in [0.2, 0.25) is 5.88 Å². The number of aromatic nitrogens is 1. The monoisotopic (exact) mass is 263 g/mol. The van der Waals surface area contributed by atoms with Crippen molar-refractivity contribution in [3.05, 3.63) is 23.9 Å². The highest BCUT2D eigenvalue weighted by Crippen LogP contribution is 2.16. The highest BCUT2D eigenvalue weighted by Gasteiger charge is 2.26. The van der Waals surface area contributed by atoms with Gasteiger partial charge in [0.05, 0.1) is 7.11 Å². The largest absolute Gasteiger partial charge is 0.481 e. The fourth-order valence-corrected chi connectivity index (χ4v) is 2.47. The fraction of sp³-hybridized carbons (Fsp3) is 0.667. The van der Waals surface area contributed by atoms with Gasteiger partial charge in [-0.05, 0) is 18.4 Å². The van der Waals surface area contributed by atoms with Crippen LogP contribution < -0.4 is 10.1 Å². The summed E-state index contributed by atoms with van der Waals surface area (Å²) in [6.45, 7) is 9.96. The molecule has 2 unspecified atom stereocenters. The van der Waals surface area contributed by atoms with Crippen LogP contribution in [-0.4, -0.2) is 42.2 Å². The Morgan fingerprint density at radius 1 is 1.47 bits per heavy atom. The Bertz CT molecular complexity index is 391. The van der Waals surface area contributed by atoms with Crippen LogP contribution in [0.15, 0.2) is 18.3 Å². The zero-order valence-corrected chi connectivity index (χ0v) is 12.4. The molecule has 4 heteroatoms. The van der Waals surface area contributed by atoms with Gasteiger partial charge in [0.1, 0.15) is 0 Å². The molecule has 106 valence electrons. The van der Waals surface area contributed by atoms with E-state index < -0.39 is 0 Å². The van der Waals surface area contributed by atoms with E-state index in [9.17, 15) is 0 Å². The standard InChI is InChI=1S/C15H25N3O/c1-11(2)14-10-18(12(3)7-16-14)9-13-5-6-15(19-4)17-8-13/h5-6,8,11-12,14,16H,7,9-10H2,1-4H3. The normalized spacial score (nSPS) is 24.7. The van der Waals surface area contributed by atoms with Crippen molar-refractivity contribution in [1.29, 1.82) is 0 Å². The van der Waals surface area contributed by atoms with Crippen molar-refractivity contribution in [2.45, 2.75) is 39.4 Å². The molecule has 0 aliphatic carbocycles. The second kappa shape index (κ2) is 6.35. The van der Waals surface area contributed by atoms with Crippen LogP contribution >= 0.6 is 0 Å². The van der Waals surface area contributed by atoms with Crippen LogP contribution in [-0.2, 0) is 6.54 Å². The van der Waals surface area contributed by atoms with Gasteiger partial charge in [0, 0.05) is 44.0 Å². The molecule has 1 fully saturated rings. The molecule has 2 rings (SSSR count). The molecule has 0 aromatic carbocycles. The number of nitrogens with one attached hydrogen (secondary N) is 1. The minimum absolute atomic E-state index is 0.567. The first-order valence-electron chi connectivity index (χ1n) is 7.06. The second-order valence-corrected chi connectivity index (χ2v) is 5.75. The number of methoxy groups -OCH3 is 1. The molecular formula is C15H25N3O.